The fourth-order valence-electron chi connectivity index (χ4n) is 2.64. The van der Waals surface area contributed by atoms with Crippen molar-refractivity contribution >= 4 is 23.5 Å². The maximum absolute atomic E-state index is 6.02. The topological polar surface area (TPSA) is 53.9 Å². The van der Waals surface area contributed by atoms with Crippen molar-refractivity contribution in [3.8, 4) is 0 Å². The summed E-state index contributed by atoms with van der Waals surface area (Å²) in [5, 5.41) is 3.67. The van der Waals surface area contributed by atoms with Gasteiger partial charge in [-0.05, 0) is 57.0 Å². The second-order valence-electron chi connectivity index (χ2n) is 5.50. The SMILES string of the molecule is CCN(CC)c1nc(Cl)nc(NC2CCC(C)CC2)n1. The molecule has 0 saturated heterocycles. The van der Waals surface area contributed by atoms with Crippen LogP contribution in [0.4, 0.5) is 11.9 Å². The largest absolute Gasteiger partial charge is 0.351 e. The van der Waals surface area contributed by atoms with E-state index in [2.05, 4.69) is 45.9 Å². The molecule has 1 heterocycles. The summed E-state index contributed by atoms with van der Waals surface area (Å²) in [6.07, 6.45) is 4.87. The molecule has 6 heteroatoms. The lowest BCUT2D eigenvalue weighted by molar-refractivity contribution is 0.360. The Bertz CT molecular complexity index is 428. The molecule has 1 N–H and O–H groups in total. The molecular weight excluding hydrogens is 274 g/mol. The Morgan fingerprint density at radius 3 is 2.35 bits per heavy atom. The van der Waals surface area contributed by atoms with Crippen LogP contribution >= 0.6 is 11.6 Å². The summed E-state index contributed by atoms with van der Waals surface area (Å²) < 4.78 is 0. The molecule has 0 atom stereocenters. The third kappa shape index (κ3) is 3.95. The molecule has 5 nitrogen and oxygen atoms in total. The maximum atomic E-state index is 6.02. The minimum absolute atomic E-state index is 0.258. The fraction of sp³-hybridized carbons (Fsp3) is 0.786. The lowest BCUT2D eigenvalue weighted by Crippen LogP contribution is -2.28. The van der Waals surface area contributed by atoms with Gasteiger partial charge >= 0.3 is 0 Å². The highest BCUT2D eigenvalue weighted by molar-refractivity contribution is 6.28. The molecule has 1 aromatic rings. The van der Waals surface area contributed by atoms with Crippen molar-refractivity contribution in [3.05, 3.63) is 5.28 Å². The highest BCUT2D eigenvalue weighted by Crippen LogP contribution is 2.25. The first kappa shape index (κ1) is 15.3. The van der Waals surface area contributed by atoms with E-state index in [1.54, 1.807) is 0 Å². The van der Waals surface area contributed by atoms with Gasteiger partial charge in [0.1, 0.15) is 0 Å². The van der Waals surface area contributed by atoms with Crippen molar-refractivity contribution in [1.29, 1.82) is 0 Å². The van der Waals surface area contributed by atoms with Crippen molar-refractivity contribution in [2.75, 3.05) is 23.3 Å². The van der Waals surface area contributed by atoms with Gasteiger partial charge < -0.3 is 10.2 Å². The molecule has 0 aromatic carbocycles. The van der Waals surface area contributed by atoms with E-state index in [-0.39, 0.29) is 5.28 Å². The van der Waals surface area contributed by atoms with Crippen molar-refractivity contribution in [2.45, 2.75) is 52.5 Å². The molecule has 0 unspecified atom stereocenters. The second kappa shape index (κ2) is 7.07. The van der Waals surface area contributed by atoms with E-state index in [1.165, 1.54) is 25.7 Å². The first-order valence-electron chi connectivity index (χ1n) is 7.55. The summed E-state index contributed by atoms with van der Waals surface area (Å²) in [6.45, 7) is 8.19. The van der Waals surface area contributed by atoms with Crippen molar-refractivity contribution in [3.63, 3.8) is 0 Å². The molecule has 0 amide bonds. The maximum Gasteiger partial charge on any atom is 0.231 e. The van der Waals surface area contributed by atoms with Gasteiger partial charge in [0, 0.05) is 19.1 Å². The Labute approximate surface area is 126 Å². The fourth-order valence-corrected chi connectivity index (χ4v) is 2.79. The average Bonchev–Trinajstić information content (AvgIpc) is 2.42. The molecule has 1 saturated carbocycles. The number of rotatable bonds is 5. The van der Waals surface area contributed by atoms with Crippen LogP contribution in [0.15, 0.2) is 0 Å². The van der Waals surface area contributed by atoms with Crippen molar-refractivity contribution in [2.24, 2.45) is 5.92 Å². The van der Waals surface area contributed by atoms with Gasteiger partial charge in [0.25, 0.3) is 0 Å². The second-order valence-corrected chi connectivity index (χ2v) is 5.84. The minimum Gasteiger partial charge on any atom is -0.351 e. The van der Waals surface area contributed by atoms with Crippen LogP contribution in [0.5, 0.6) is 0 Å². The summed E-state index contributed by atoms with van der Waals surface area (Å²) in [6, 6.07) is 0.453. The normalized spacial score (nSPS) is 22.6. The Balaban J connectivity index is 2.07. The molecule has 1 fully saturated rings. The first-order valence-corrected chi connectivity index (χ1v) is 7.93. The molecule has 0 aliphatic heterocycles. The summed E-state index contributed by atoms with van der Waals surface area (Å²) >= 11 is 6.02. The smallest absolute Gasteiger partial charge is 0.231 e. The van der Waals surface area contributed by atoms with Gasteiger partial charge in [0.2, 0.25) is 17.2 Å². The lowest BCUT2D eigenvalue weighted by Gasteiger charge is -2.27. The summed E-state index contributed by atoms with van der Waals surface area (Å²) in [5.74, 6) is 2.09. The van der Waals surface area contributed by atoms with Gasteiger partial charge in [0.15, 0.2) is 0 Å². The van der Waals surface area contributed by atoms with Gasteiger partial charge in [-0.3, -0.25) is 0 Å². The van der Waals surface area contributed by atoms with Crippen LogP contribution in [-0.2, 0) is 0 Å². The van der Waals surface area contributed by atoms with Crippen LogP contribution < -0.4 is 10.2 Å². The molecular formula is C14H24ClN5. The van der Waals surface area contributed by atoms with Gasteiger partial charge in [-0.25, -0.2) is 0 Å². The summed E-state index contributed by atoms with van der Waals surface area (Å²) in [7, 11) is 0. The zero-order valence-electron chi connectivity index (χ0n) is 12.6. The first-order chi connectivity index (χ1) is 9.62. The van der Waals surface area contributed by atoms with E-state index in [0.717, 1.165) is 19.0 Å². The third-order valence-corrected chi connectivity index (χ3v) is 4.16. The van der Waals surface area contributed by atoms with Gasteiger partial charge in [-0.15, -0.1) is 0 Å². The monoisotopic (exact) mass is 297 g/mol. The van der Waals surface area contributed by atoms with Gasteiger partial charge in [-0.1, -0.05) is 6.92 Å². The Morgan fingerprint density at radius 1 is 1.10 bits per heavy atom. The van der Waals surface area contributed by atoms with E-state index in [9.17, 15) is 0 Å². The van der Waals surface area contributed by atoms with Gasteiger partial charge in [0.05, 0.1) is 0 Å². The molecule has 1 aliphatic rings. The molecule has 20 heavy (non-hydrogen) atoms. The van der Waals surface area contributed by atoms with Crippen LogP contribution in [0.2, 0.25) is 5.28 Å². The zero-order chi connectivity index (χ0) is 14.5. The summed E-state index contributed by atoms with van der Waals surface area (Å²) in [4.78, 5) is 15.0. The highest BCUT2D eigenvalue weighted by atomic mass is 35.5. The molecule has 112 valence electrons. The van der Waals surface area contributed by atoms with E-state index in [4.69, 9.17) is 11.6 Å². The quantitative estimate of drug-likeness (QED) is 0.903. The number of nitrogens with zero attached hydrogens (tertiary/aromatic N) is 4. The number of nitrogens with one attached hydrogen (secondary N) is 1. The predicted octanol–water partition coefficient (Wildman–Crippen LogP) is 3.36. The molecule has 0 bridgehead atoms. The van der Waals surface area contributed by atoms with Crippen LogP contribution in [0.1, 0.15) is 46.5 Å². The molecule has 0 radical (unpaired) electrons. The van der Waals surface area contributed by atoms with Crippen molar-refractivity contribution in [1.82, 2.24) is 15.0 Å². The Hall–Kier alpha value is -1.10. The summed E-state index contributed by atoms with van der Waals surface area (Å²) in [5.41, 5.74) is 0. The number of hydrogen-bond acceptors (Lipinski definition) is 5. The minimum atomic E-state index is 0.258. The van der Waals surface area contributed by atoms with Crippen LogP contribution in [0, 0.1) is 5.92 Å². The predicted molar refractivity (Wildman–Crippen MR) is 83.4 cm³/mol. The molecule has 1 aromatic heterocycles. The molecule has 1 aliphatic carbocycles. The molecule has 0 spiro atoms. The van der Waals surface area contributed by atoms with E-state index >= 15 is 0 Å². The molecule has 2 rings (SSSR count). The Kier molecular flexibility index (Phi) is 5.40. The van der Waals surface area contributed by atoms with E-state index in [0.29, 0.717) is 17.9 Å². The number of anilines is 2. The van der Waals surface area contributed by atoms with E-state index in [1.807, 2.05) is 0 Å². The highest BCUT2D eigenvalue weighted by Gasteiger charge is 2.19. The average molecular weight is 298 g/mol. The number of aromatic nitrogens is 3. The third-order valence-electron chi connectivity index (χ3n) is 3.99. The van der Waals surface area contributed by atoms with Crippen LogP contribution in [0.3, 0.4) is 0 Å². The van der Waals surface area contributed by atoms with Crippen molar-refractivity contribution < 1.29 is 0 Å². The van der Waals surface area contributed by atoms with Crippen LogP contribution in [0.25, 0.3) is 0 Å². The Morgan fingerprint density at radius 2 is 1.75 bits per heavy atom. The number of halogens is 1. The van der Waals surface area contributed by atoms with Gasteiger partial charge in [-0.2, -0.15) is 15.0 Å². The van der Waals surface area contributed by atoms with E-state index < -0.39 is 0 Å². The standard InChI is InChI=1S/C14H24ClN5/c1-4-20(5-2)14-18-12(15)17-13(19-14)16-11-8-6-10(3)7-9-11/h10-11H,4-9H2,1-3H3,(H,16,17,18,19). The van der Waals surface area contributed by atoms with Crippen LogP contribution in [-0.4, -0.2) is 34.1 Å². The zero-order valence-corrected chi connectivity index (χ0v) is 13.3. The number of hydrogen-bond donors (Lipinski definition) is 1. The lowest BCUT2D eigenvalue weighted by atomic mass is 9.87.